The Morgan fingerprint density at radius 1 is 1.20 bits per heavy atom. The second-order valence-electron chi connectivity index (χ2n) is 4.74. The van der Waals surface area contributed by atoms with Gasteiger partial charge in [-0.25, -0.2) is 13.8 Å². The minimum atomic E-state index is -2.61. The quantitative estimate of drug-likeness (QED) is 0.918. The summed E-state index contributed by atoms with van der Waals surface area (Å²) in [6.45, 7) is 3.01. The first-order valence-corrected chi connectivity index (χ1v) is 6.46. The average Bonchev–Trinajstić information content (AvgIpc) is 2.47. The Bertz CT molecular complexity index is 627. The monoisotopic (exact) mass is 279 g/mol. The molecule has 0 radical (unpaired) electrons. The van der Waals surface area contributed by atoms with Crippen molar-refractivity contribution >= 4 is 22.3 Å². The largest absolute Gasteiger partial charge is 0.398 e. The number of rotatable bonds is 2. The van der Waals surface area contributed by atoms with Crippen LogP contribution >= 0.6 is 0 Å². The normalized spacial score (nSPS) is 16.1. The predicted octanol–water partition coefficient (Wildman–Crippen LogP) is 2.59. The second-order valence-corrected chi connectivity index (χ2v) is 4.74. The molecule has 20 heavy (non-hydrogen) atoms. The first-order valence-electron chi connectivity index (χ1n) is 6.46. The number of hydrogen-bond acceptors (Lipinski definition) is 4. The summed E-state index contributed by atoms with van der Waals surface area (Å²) in [6, 6.07) is 6.77. The number of halogens is 2. The van der Waals surface area contributed by atoms with Crippen molar-refractivity contribution in [3.05, 3.63) is 30.0 Å². The standard InChI is InChI=1S/C14H15F2N3O/c15-14(16)13-8-11(17)10-7-9(1-2-12(10)18-13)19-3-5-20-6-4-19/h1-2,7-8,14H,3-6H2,(H2,17,18). The summed E-state index contributed by atoms with van der Waals surface area (Å²) in [5, 5.41) is 0.707. The summed E-state index contributed by atoms with van der Waals surface area (Å²) in [5.74, 6) is 0. The molecule has 0 bridgehead atoms. The molecule has 0 aliphatic carbocycles. The predicted molar refractivity (Wildman–Crippen MR) is 74.1 cm³/mol. The van der Waals surface area contributed by atoms with Gasteiger partial charge in [0.15, 0.2) is 0 Å². The fourth-order valence-corrected chi connectivity index (χ4v) is 2.39. The molecular weight excluding hydrogens is 264 g/mol. The molecule has 6 heteroatoms. The lowest BCUT2D eigenvalue weighted by atomic mass is 10.1. The van der Waals surface area contributed by atoms with E-state index >= 15 is 0 Å². The van der Waals surface area contributed by atoms with Crippen LogP contribution in [0.3, 0.4) is 0 Å². The highest BCUT2D eigenvalue weighted by molar-refractivity contribution is 5.92. The summed E-state index contributed by atoms with van der Waals surface area (Å²) in [4.78, 5) is 6.13. The molecular formula is C14H15F2N3O. The Kier molecular flexibility index (Phi) is 3.40. The van der Waals surface area contributed by atoms with Crippen LogP contribution in [0.2, 0.25) is 0 Å². The van der Waals surface area contributed by atoms with Crippen molar-refractivity contribution in [2.75, 3.05) is 36.9 Å². The molecule has 106 valence electrons. The Morgan fingerprint density at radius 3 is 2.65 bits per heavy atom. The van der Waals surface area contributed by atoms with Crippen molar-refractivity contribution < 1.29 is 13.5 Å². The van der Waals surface area contributed by atoms with Gasteiger partial charge < -0.3 is 15.4 Å². The smallest absolute Gasteiger partial charge is 0.280 e. The van der Waals surface area contributed by atoms with Gasteiger partial charge in [0.1, 0.15) is 5.69 Å². The number of ether oxygens (including phenoxy) is 1. The molecule has 2 aromatic rings. The Hall–Kier alpha value is -1.95. The molecule has 0 unspecified atom stereocenters. The lowest BCUT2D eigenvalue weighted by Gasteiger charge is -2.29. The molecule has 1 aromatic carbocycles. The molecule has 4 nitrogen and oxygen atoms in total. The lowest BCUT2D eigenvalue weighted by Crippen LogP contribution is -2.36. The van der Waals surface area contributed by atoms with Crippen molar-refractivity contribution in [1.29, 1.82) is 0 Å². The summed E-state index contributed by atoms with van der Waals surface area (Å²) < 4.78 is 30.7. The van der Waals surface area contributed by atoms with E-state index in [0.717, 1.165) is 18.8 Å². The molecule has 1 aromatic heterocycles. The molecule has 1 aliphatic heterocycles. The molecule has 1 aliphatic rings. The van der Waals surface area contributed by atoms with Crippen molar-refractivity contribution in [3.8, 4) is 0 Å². The number of hydrogen-bond donors (Lipinski definition) is 1. The van der Waals surface area contributed by atoms with Crippen molar-refractivity contribution in [1.82, 2.24) is 4.98 Å². The van der Waals surface area contributed by atoms with Gasteiger partial charge >= 0.3 is 0 Å². The fraction of sp³-hybridized carbons (Fsp3) is 0.357. The van der Waals surface area contributed by atoms with Crippen LogP contribution in [0.15, 0.2) is 24.3 Å². The molecule has 1 fully saturated rings. The van der Waals surface area contributed by atoms with Gasteiger partial charge in [-0.3, -0.25) is 0 Å². The van der Waals surface area contributed by atoms with Gasteiger partial charge in [0.25, 0.3) is 6.43 Å². The van der Waals surface area contributed by atoms with E-state index in [1.165, 1.54) is 6.07 Å². The summed E-state index contributed by atoms with van der Waals surface area (Å²) >= 11 is 0. The van der Waals surface area contributed by atoms with Crippen molar-refractivity contribution in [2.24, 2.45) is 0 Å². The molecule has 0 amide bonds. The first-order chi connectivity index (χ1) is 9.65. The van der Waals surface area contributed by atoms with Crippen LogP contribution in [0, 0.1) is 0 Å². The highest BCUT2D eigenvalue weighted by Gasteiger charge is 2.15. The Labute approximate surface area is 115 Å². The number of morpholine rings is 1. The van der Waals surface area contributed by atoms with Crippen LogP contribution < -0.4 is 10.6 Å². The maximum absolute atomic E-state index is 12.7. The van der Waals surface area contributed by atoms with E-state index in [0.29, 0.717) is 29.8 Å². The van der Waals surface area contributed by atoms with Gasteiger partial charge in [-0.05, 0) is 24.3 Å². The molecule has 2 N–H and O–H groups in total. The molecule has 0 spiro atoms. The third kappa shape index (κ3) is 2.38. The molecule has 3 rings (SSSR count). The molecule has 0 atom stereocenters. The van der Waals surface area contributed by atoms with Gasteiger partial charge in [-0.1, -0.05) is 0 Å². The molecule has 1 saturated heterocycles. The topological polar surface area (TPSA) is 51.4 Å². The highest BCUT2D eigenvalue weighted by atomic mass is 19.3. The van der Waals surface area contributed by atoms with E-state index in [9.17, 15) is 8.78 Å². The van der Waals surface area contributed by atoms with Crippen LogP contribution in [0.5, 0.6) is 0 Å². The van der Waals surface area contributed by atoms with Crippen LogP contribution in [0.25, 0.3) is 10.9 Å². The number of fused-ring (bicyclic) bond motifs is 1. The van der Waals surface area contributed by atoms with Gasteiger partial charge in [0.2, 0.25) is 0 Å². The number of nitrogens with zero attached hydrogens (tertiary/aromatic N) is 2. The number of benzene rings is 1. The van der Waals surface area contributed by atoms with E-state index in [-0.39, 0.29) is 5.69 Å². The lowest BCUT2D eigenvalue weighted by molar-refractivity contribution is 0.122. The minimum Gasteiger partial charge on any atom is -0.398 e. The first kappa shape index (κ1) is 13.1. The molecule has 0 saturated carbocycles. The second kappa shape index (κ2) is 5.20. The number of anilines is 2. The number of aromatic nitrogens is 1. The van der Waals surface area contributed by atoms with Crippen LogP contribution in [0.4, 0.5) is 20.2 Å². The van der Waals surface area contributed by atoms with Gasteiger partial charge in [0, 0.05) is 29.9 Å². The minimum absolute atomic E-state index is 0.283. The highest BCUT2D eigenvalue weighted by Crippen LogP contribution is 2.29. The van der Waals surface area contributed by atoms with Gasteiger partial charge in [-0.15, -0.1) is 0 Å². The third-order valence-electron chi connectivity index (χ3n) is 3.44. The number of nitrogen functional groups attached to an aromatic ring is 1. The summed E-state index contributed by atoms with van der Waals surface area (Å²) in [6.07, 6.45) is -2.61. The zero-order chi connectivity index (χ0) is 14.1. The maximum atomic E-state index is 12.7. The average molecular weight is 279 g/mol. The zero-order valence-corrected chi connectivity index (χ0v) is 10.9. The van der Waals surface area contributed by atoms with E-state index in [1.54, 1.807) is 6.07 Å². The Balaban J connectivity index is 2.02. The SMILES string of the molecule is Nc1cc(C(F)F)nc2ccc(N3CCOCC3)cc12. The number of pyridine rings is 1. The van der Waals surface area contributed by atoms with Crippen molar-refractivity contribution in [3.63, 3.8) is 0 Å². The fourth-order valence-electron chi connectivity index (χ4n) is 2.39. The number of nitrogens with two attached hydrogens (primary N) is 1. The van der Waals surface area contributed by atoms with E-state index in [2.05, 4.69) is 9.88 Å². The van der Waals surface area contributed by atoms with Crippen LogP contribution in [-0.4, -0.2) is 31.3 Å². The zero-order valence-electron chi connectivity index (χ0n) is 10.9. The summed E-state index contributed by atoms with van der Waals surface area (Å²) in [5.41, 5.74) is 7.44. The number of alkyl halides is 2. The maximum Gasteiger partial charge on any atom is 0.280 e. The van der Waals surface area contributed by atoms with Crippen molar-refractivity contribution in [2.45, 2.75) is 6.43 Å². The summed E-state index contributed by atoms with van der Waals surface area (Å²) in [7, 11) is 0. The van der Waals surface area contributed by atoms with Gasteiger partial charge in [0.05, 0.1) is 18.7 Å². The third-order valence-corrected chi connectivity index (χ3v) is 3.44. The van der Waals surface area contributed by atoms with Gasteiger partial charge in [-0.2, -0.15) is 0 Å². The van der Waals surface area contributed by atoms with Crippen LogP contribution in [-0.2, 0) is 4.74 Å². The van der Waals surface area contributed by atoms with Crippen LogP contribution in [0.1, 0.15) is 12.1 Å². The molecule has 2 heterocycles. The van der Waals surface area contributed by atoms with E-state index in [1.807, 2.05) is 12.1 Å². The van der Waals surface area contributed by atoms with E-state index in [4.69, 9.17) is 10.5 Å². The Morgan fingerprint density at radius 2 is 1.95 bits per heavy atom. The van der Waals surface area contributed by atoms with E-state index < -0.39 is 6.43 Å².